The molecule has 1 fully saturated rings. The molecule has 0 aliphatic heterocycles. The summed E-state index contributed by atoms with van der Waals surface area (Å²) < 4.78 is 0. The van der Waals surface area contributed by atoms with Crippen LogP contribution in [-0.2, 0) is 4.79 Å². The van der Waals surface area contributed by atoms with Crippen molar-refractivity contribution in [2.75, 3.05) is 10.6 Å². The molecule has 0 saturated heterocycles. The molecule has 1 aromatic carbocycles. The normalized spacial score (nSPS) is 19.7. The summed E-state index contributed by atoms with van der Waals surface area (Å²) in [7, 11) is 0. The van der Waals surface area contributed by atoms with Gasteiger partial charge in [0.15, 0.2) is 0 Å². The van der Waals surface area contributed by atoms with E-state index in [1.807, 2.05) is 0 Å². The Morgan fingerprint density at radius 2 is 1.68 bits per heavy atom. The molecule has 0 bridgehead atoms. The predicted octanol–water partition coefficient (Wildman–Crippen LogP) is 3.27. The second-order valence-electron chi connectivity index (χ2n) is 5.97. The van der Waals surface area contributed by atoms with Crippen molar-refractivity contribution in [1.82, 2.24) is 5.32 Å². The molecule has 1 atom stereocenters. The SMILES string of the molecule is O=C(CC1C=CCC1)Nc1ccc(NC(=O)NC2CC2)cc1. The number of urea groups is 1. The van der Waals surface area contributed by atoms with E-state index in [2.05, 4.69) is 28.1 Å². The molecule has 2 aliphatic carbocycles. The summed E-state index contributed by atoms with van der Waals surface area (Å²) in [6.07, 6.45) is 9.03. The highest BCUT2D eigenvalue weighted by atomic mass is 16.2. The molecule has 0 heterocycles. The van der Waals surface area contributed by atoms with Gasteiger partial charge in [-0.2, -0.15) is 0 Å². The van der Waals surface area contributed by atoms with E-state index in [0.717, 1.165) is 37.1 Å². The number of carbonyl (C=O) groups is 2. The van der Waals surface area contributed by atoms with Gasteiger partial charge in [0.1, 0.15) is 0 Å². The second-order valence-corrected chi connectivity index (χ2v) is 5.97. The highest BCUT2D eigenvalue weighted by molar-refractivity contribution is 5.92. The van der Waals surface area contributed by atoms with Crippen LogP contribution >= 0.6 is 0 Å². The minimum Gasteiger partial charge on any atom is -0.335 e. The van der Waals surface area contributed by atoms with Gasteiger partial charge in [-0.1, -0.05) is 12.2 Å². The molecule has 1 saturated carbocycles. The lowest BCUT2D eigenvalue weighted by Crippen LogP contribution is -2.30. The molecule has 2 aliphatic rings. The summed E-state index contributed by atoms with van der Waals surface area (Å²) in [5, 5.41) is 8.53. The Morgan fingerprint density at radius 1 is 1.00 bits per heavy atom. The number of anilines is 2. The fourth-order valence-electron chi connectivity index (χ4n) is 2.53. The average molecular weight is 299 g/mol. The van der Waals surface area contributed by atoms with E-state index in [0.29, 0.717) is 18.4 Å². The zero-order valence-corrected chi connectivity index (χ0v) is 12.5. The third-order valence-corrected chi connectivity index (χ3v) is 3.90. The Kier molecular flexibility index (Phi) is 4.42. The first-order chi connectivity index (χ1) is 10.7. The molecule has 3 amide bonds. The molecule has 3 rings (SSSR count). The largest absolute Gasteiger partial charge is 0.335 e. The second kappa shape index (κ2) is 6.64. The average Bonchev–Trinajstić information content (AvgIpc) is 3.14. The number of allylic oxidation sites excluding steroid dienone is 2. The van der Waals surface area contributed by atoms with Crippen LogP contribution in [0, 0.1) is 5.92 Å². The molecule has 1 unspecified atom stereocenters. The summed E-state index contributed by atoms with van der Waals surface area (Å²) in [6, 6.07) is 7.34. The monoisotopic (exact) mass is 299 g/mol. The lowest BCUT2D eigenvalue weighted by atomic mass is 10.1. The molecule has 116 valence electrons. The predicted molar refractivity (Wildman–Crippen MR) is 86.7 cm³/mol. The summed E-state index contributed by atoms with van der Waals surface area (Å²) in [6.45, 7) is 0. The van der Waals surface area contributed by atoms with E-state index in [1.54, 1.807) is 24.3 Å². The van der Waals surface area contributed by atoms with Crippen molar-refractivity contribution in [3.8, 4) is 0 Å². The van der Waals surface area contributed by atoms with Crippen LogP contribution in [0.2, 0.25) is 0 Å². The maximum Gasteiger partial charge on any atom is 0.319 e. The van der Waals surface area contributed by atoms with Gasteiger partial charge in [0.05, 0.1) is 0 Å². The number of benzene rings is 1. The first-order valence-electron chi connectivity index (χ1n) is 7.83. The van der Waals surface area contributed by atoms with Gasteiger partial charge in [-0.25, -0.2) is 4.79 Å². The van der Waals surface area contributed by atoms with Gasteiger partial charge in [0, 0.05) is 23.8 Å². The number of amides is 3. The Labute approximate surface area is 130 Å². The Morgan fingerprint density at radius 3 is 2.27 bits per heavy atom. The third-order valence-electron chi connectivity index (χ3n) is 3.90. The van der Waals surface area contributed by atoms with Crippen LogP contribution in [0.5, 0.6) is 0 Å². The highest BCUT2D eigenvalue weighted by Gasteiger charge is 2.23. The van der Waals surface area contributed by atoms with Crippen LogP contribution in [0.1, 0.15) is 32.1 Å². The van der Waals surface area contributed by atoms with Gasteiger partial charge in [0.25, 0.3) is 0 Å². The summed E-state index contributed by atoms with van der Waals surface area (Å²) in [4.78, 5) is 23.6. The van der Waals surface area contributed by atoms with Crippen molar-refractivity contribution in [2.24, 2.45) is 5.92 Å². The lowest BCUT2D eigenvalue weighted by molar-refractivity contribution is -0.116. The van der Waals surface area contributed by atoms with Gasteiger partial charge < -0.3 is 16.0 Å². The Balaban J connectivity index is 1.46. The Hall–Kier alpha value is -2.30. The van der Waals surface area contributed by atoms with E-state index in [4.69, 9.17) is 0 Å². The Bertz CT molecular complexity index is 576. The third kappa shape index (κ3) is 4.35. The number of hydrogen-bond acceptors (Lipinski definition) is 2. The van der Waals surface area contributed by atoms with Crippen molar-refractivity contribution in [1.29, 1.82) is 0 Å². The number of carbonyl (C=O) groups excluding carboxylic acids is 2. The molecule has 0 spiro atoms. The number of rotatable bonds is 5. The molecule has 0 radical (unpaired) electrons. The van der Waals surface area contributed by atoms with Gasteiger partial charge in [-0.15, -0.1) is 0 Å². The molecule has 5 heteroatoms. The van der Waals surface area contributed by atoms with Crippen molar-refractivity contribution < 1.29 is 9.59 Å². The topological polar surface area (TPSA) is 70.2 Å². The van der Waals surface area contributed by atoms with Crippen LogP contribution < -0.4 is 16.0 Å². The van der Waals surface area contributed by atoms with Gasteiger partial charge in [-0.3, -0.25) is 4.79 Å². The fraction of sp³-hybridized carbons (Fsp3) is 0.412. The maximum atomic E-state index is 11.9. The summed E-state index contributed by atoms with van der Waals surface area (Å²) >= 11 is 0. The van der Waals surface area contributed by atoms with Crippen molar-refractivity contribution in [3.05, 3.63) is 36.4 Å². The molecule has 22 heavy (non-hydrogen) atoms. The lowest BCUT2D eigenvalue weighted by Gasteiger charge is -2.10. The molecular weight excluding hydrogens is 278 g/mol. The molecule has 3 N–H and O–H groups in total. The van der Waals surface area contributed by atoms with Gasteiger partial charge in [0.2, 0.25) is 5.91 Å². The molecule has 0 aromatic heterocycles. The smallest absolute Gasteiger partial charge is 0.319 e. The number of nitrogens with one attached hydrogen (secondary N) is 3. The van der Waals surface area contributed by atoms with E-state index in [1.165, 1.54) is 0 Å². The van der Waals surface area contributed by atoms with Crippen LogP contribution in [0.4, 0.5) is 16.2 Å². The first kappa shape index (κ1) is 14.6. The van der Waals surface area contributed by atoms with E-state index < -0.39 is 0 Å². The first-order valence-corrected chi connectivity index (χ1v) is 7.83. The van der Waals surface area contributed by atoms with Crippen LogP contribution in [0.25, 0.3) is 0 Å². The molecular formula is C17H21N3O2. The van der Waals surface area contributed by atoms with Crippen molar-refractivity contribution >= 4 is 23.3 Å². The minimum absolute atomic E-state index is 0.0312. The molecule has 5 nitrogen and oxygen atoms in total. The van der Waals surface area contributed by atoms with E-state index in [-0.39, 0.29) is 11.9 Å². The van der Waals surface area contributed by atoms with Crippen molar-refractivity contribution in [3.63, 3.8) is 0 Å². The van der Waals surface area contributed by atoms with Crippen LogP contribution in [0.15, 0.2) is 36.4 Å². The van der Waals surface area contributed by atoms with Crippen molar-refractivity contribution in [2.45, 2.75) is 38.1 Å². The standard InChI is InChI=1S/C17H21N3O2/c21-16(11-12-3-1-2-4-12)18-13-5-7-14(8-6-13)19-17(22)20-15-9-10-15/h1,3,5-8,12,15H,2,4,9-11H2,(H,18,21)(H2,19,20,22). The number of hydrogen-bond donors (Lipinski definition) is 3. The zero-order valence-electron chi connectivity index (χ0n) is 12.5. The fourth-order valence-corrected chi connectivity index (χ4v) is 2.53. The van der Waals surface area contributed by atoms with E-state index >= 15 is 0 Å². The summed E-state index contributed by atoms with van der Waals surface area (Å²) in [5.41, 5.74) is 1.47. The van der Waals surface area contributed by atoms with Gasteiger partial charge >= 0.3 is 6.03 Å². The minimum atomic E-state index is -0.174. The van der Waals surface area contributed by atoms with E-state index in [9.17, 15) is 9.59 Å². The quantitative estimate of drug-likeness (QED) is 0.730. The maximum absolute atomic E-state index is 11.9. The van der Waals surface area contributed by atoms with Crippen LogP contribution in [-0.4, -0.2) is 18.0 Å². The van der Waals surface area contributed by atoms with Crippen LogP contribution in [0.3, 0.4) is 0 Å². The highest BCUT2D eigenvalue weighted by Crippen LogP contribution is 2.22. The molecule has 1 aromatic rings. The zero-order chi connectivity index (χ0) is 15.4. The van der Waals surface area contributed by atoms with Gasteiger partial charge in [-0.05, 0) is 55.9 Å². The summed E-state index contributed by atoms with van der Waals surface area (Å²) in [5.74, 6) is 0.399.